The van der Waals surface area contributed by atoms with Crippen LogP contribution in [0.2, 0.25) is 13.3 Å². The molecule has 0 saturated carbocycles. The van der Waals surface area contributed by atoms with E-state index >= 15 is 0 Å². The molecule has 5 heteroatoms. The second-order valence-electron chi connectivity index (χ2n) is 8.51. The van der Waals surface area contributed by atoms with Gasteiger partial charge in [0, 0.05) is 0 Å². The number of pyridine rings is 1. The van der Waals surface area contributed by atoms with Gasteiger partial charge in [-0.15, -0.1) is 0 Å². The van der Waals surface area contributed by atoms with Crippen LogP contribution >= 0.6 is 0 Å². The van der Waals surface area contributed by atoms with Gasteiger partial charge in [-0.05, 0) is 0 Å². The van der Waals surface area contributed by atoms with E-state index in [-0.39, 0.29) is 5.97 Å². The quantitative estimate of drug-likeness (QED) is 0.207. The van der Waals surface area contributed by atoms with Crippen LogP contribution in [-0.4, -0.2) is 24.8 Å². The summed E-state index contributed by atoms with van der Waals surface area (Å²) in [5.74, 6) is 0.00707. The summed E-state index contributed by atoms with van der Waals surface area (Å²) in [4.78, 5) is 13.0. The third-order valence-corrected chi connectivity index (χ3v) is 25.1. The molecule has 0 fully saturated rings. The molecule has 0 aliphatic rings. The summed E-state index contributed by atoms with van der Waals surface area (Å²) in [6.45, 7) is 7.11. The van der Waals surface area contributed by atoms with Crippen molar-refractivity contribution in [1.82, 2.24) is 0 Å². The number of rotatable bonds is 14. The second kappa shape index (κ2) is 14.6. The Labute approximate surface area is 200 Å². The summed E-state index contributed by atoms with van der Waals surface area (Å²) >= 11 is -4.23. The fourth-order valence-electron chi connectivity index (χ4n) is 4.06. The third kappa shape index (κ3) is 9.38. The molecule has 0 bridgehead atoms. The molecule has 0 aliphatic carbocycles. The van der Waals surface area contributed by atoms with Crippen molar-refractivity contribution in [2.24, 2.45) is 0 Å². The van der Waals surface area contributed by atoms with Gasteiger partial charge >= 0.3 is 202 Å². The van der Waals surface area contributed by atoms with Gasteiger partial charge in [0.15, 0.2) is 0 Å². The molecule has 3 nitrogen and oxygen atoms in total. The van der Waals surface area contributed by atoms with Crippen LogP contribution in [0.25, 0.3) is 0 Å². The molecular formula is C25H38HgNO2Sn+. The van der Waals surface area contributed by atoms with Gasteiger partial charge in [-0.25, -0.2) is 0 Å². The van der Waals surface area contributed by atoms with Crippen LogP contribution in [0.1, 0.15) is 59.3 Å². The normalized spacial score (nSPS) is 11.2. The summed E-state index contributed by atoms with van der Waals surface area (Å²) in [6.07, 6.45) is 11.4. The first-order chi connectivity index (χ1) is 14.6. The number of unbranched alkanes of at least 4 members (excludes halogenated alkanes) is 3. The van der Waals surface area contributed by atoms with Gasteiger partial charge in [0.05, 0.1) is 0 Å². The van der Waals surface area contributed by atoms with Gasteiger partial charge in [0.1, 0.15) is 0 Å². The Morgan fingerprint density at radius 2 is 1.43 bits per heavy atom. The fourth-order valence-corrected chi connectivity index (χ4v) is 23.2. The van der Waals surface area contributed by atoms with Crippen molar-refractivity contribution in [1.29, 1.82) is 0 Å². The van der Waals surface area contributed by atoms with Crippen molar-refractivity contribution in [2.75, 3.05) is 0 Å². The summed E-state index contributed by atoms with van der Waals surface area (Å²) < 4.78 is 15.1. The molecule has 1 heterocycles. The van der Waals surface area contributed by atoms with Gasteiger partial charge in [-0.2, -0.15) is 0 Å². The summed E-state index contributed by atoms with van der Waals surface area (Å²) in [5.41, 5.74) is 0. The standard InChI is InChI=1S/C7H6NO2.C6H5.3C4H9.Hg.Sn/c9-7(10)6-8-4-2-1-3-5-8;1-2-4-6-5-3-1;3*1-3-4-2;;/h1-2,4-5H,6H2;1-5H;3*1,3-4H2,2H3;;/q;;;;;;+1. The average molecular weight is 704 g/mol. The van der Waals surface area contributed by atoms with E-state index in [1.54, 1.807) is 0 Å². The van der Waals surface area contributed by atoms with Crippen molar-refractivity contribution in [3.63, 3.8) is 0 Å². The van der Waals surface area contributed by atoms with E-state index in [9.17, 15) is 4.79 Å². The Morgan fingerprint density at radius 1 is 0.867 bits per heavy atom. The molecule has 30 heavy (non-hydrogen) atoms. The first kappa shape index (κ1) is 25.8. The number of nitrogens with zero attached hydrogens (tertiary/aromatic N) is 1. The molecule has 2 aromatic rings. The van der Waals surface area contributed by atoms with Gasteiger partial charge in [0.2, 0.25) is 0 Å². The number of hydrogen-bond acceptors (Lipinski definition) is 2. The molecular weight excluding hydrogens is 666 g/mol. The molecule has 160 valence electrons. The van der Waals surface area contributed by atoms with E-state index in [2.05, 4.69) is 74.0 Å². The van der Waals surface area contributed by atoms with Crippen molar-refractivity contribution in [2.45, 2.75) is 79.2 Å². The zero-order valence-electron chi connectivity index (χ0n) is 19.2. The van der Waals surface area contributed by atoms with Crippen molar-refractivity contribution in [3.8, 4) is 0 Å². The van der Waals surface area contributed by atoms with E-state index in [0.717, 1.165) is 0 Å². The van der Waals surface area contributed by atoms with Crippen LogP contribution in [0, 0.1) is 0 Å². The van der Waals surface area contributed by atoms with E-state index in [1.165, 1.54) is 58.0 Å². The Bertz CT molecular complexity index is 732. The molecule has 0 saturated heterocycles. The van der Waals surface area contributed by atoms with Crippen molar-refractivity contribution >= 4 is 30.9 Å². The fraction of sp³-hybridized carbons (Fsp3) is 0.520. The van der Waals surface area contributed by atoms with Gasteiger partial charge < -0.3 is 0 Å². The molecule has 0 spiro atoms. The van der Waals surface area contributed by atoms with Crippen molar-refractivity contribution in [3.05, 3.63) is 54.9 Å². The zero-order chi connectivity index (χ0) is 21.7. The summed E-state index contributed by atoms with van der Waals surface area (Å²) in [5, 5.41) is 0. The number of aromatic nitrogens is 1. The van der Waals surface area contributed by atoms with Gasteiger partial charge in [-0.3, -0.25) is 0 Å². The molecule has 0 atom stereocenters. The van der Waals surface area contributed by atoms with E-state index in [1.807, 2.05) is 6.20 Å². The molecule has 0 radical (unpaired) electrons. The third-order valence-electron chi connectivity index (χ3n) is 5.77. The average Bonchev–Trinajstić information content (AvgIpc) is 2.75. The Kier molecular flexibility index (Phi) is 12.6. The van der Waals surface area contributed by atoms with Crippen molar-refractivity contribution < 1.29 is 37.0 Å². The molecule has 0 amide bonds. The van der Waals surface area contributed by atoms with E-state index < -0.39 is 43.4 Å². The van der Waals surface area contributed by atoms with E-state index in [4.69, 9.17) is 3.07 Å². The van der Waals surface area contributed by atoms with E-state index in [0.29, 0.717) is 6.54 Å². The number of carbonyl (C=O) groups is 1. The Balaban J connectivity index is 2.06. The molecule has 2 rings (SSSR count). The Hall–Kier alpha value is -0.426. The summed E-state index contributed by atoms with van der Waals surface area (Å²) in [6, 6.07) is 15.1. The number of benzene rings is 1. The van der Waals surface area contributed by atoms with Crippen LogP contribution in [0.5, 0.6) is 0 Å². The zero-order valence-corrected chi connectivity index (χ0v) is 27.6. The second-order valence-corrected chi connectivity index (χ2v) is 27.9. The maximum absolute atomic E-state index is 13.0. The number of carbonyl (C=O) groups excluding carboxylic acids is 1. The van der Waals surface area contributed by atoms with Crippen LogP contribution in [0.4, 0.5) is 0 Å². The summed E-state index contributed by atoms with van der Waals surface area (Å²) in [7, 11) is 0. The minimum atomic E-state index is -2.88. The topological polar surface area (TPSA) is 30.2 Å². The minimum absolute atomic E-state index is 0.00707. The predicted octanol–water partition coefficient (Wildman–Crippen LogP) is 4.90. The number of hydrogen-bond donors (Lipinski definition) is 0. The first-order valence-corrected chi connectivity index (χ1v) is 24.6. The van der Waals surface area contributed by atoms with Gasteiger partial charge in [-0.1, -0.05) is 0 Å². The SMILES string of the molecule is CCC[CH2][Sn]([CH2]CCC)([CH2]CCC)[O]C(=O)C[n+]1ccc[c]([Hg][c]2ccccc2)c1. The van der Waals surface area contributed by atoms with Crippen LogP contribution in [0.15, 0.2) is 54.9 Å². The van der Waals surface area contributed by atoms with Crippen LogP contribution < -0.4 is 10.7 Å². The monoisotopic (exact) mass is 706 g/mol. The molecule has 1 aromatic heterocycles. The molecule has 1 aromatic carbocycles. The first-order valence-electron chi connectivity index (χ1n) is 11.8. The molecule has 0 N–H and O–H groups in total. The molecule has 0 unspecified atom stereocenters. The van der Waals surface area contributed by atoms with Gasteiger partial charge in [0.25, 0.3) is 0 Å². The predicted molar refractivity (Wildman–Crippen MR) is 123 cm³/mol. The van der Waals surface area contributed by atoms with Crippen LogP contribution in [0.3, 0.4) is 0 Å². The van der Waals surface area contributed by atoms with Crippen LogP contribution in [-0.2, 0) is 39.0 Å². The maximum atomic E-state index is 13.0. The molecule has 0 aliphatic heterocycles. The Morgan fingerprint density at radius 3 is 2.00 bits per heavy atom.